The van der Waals surface area contributed by atoms with E-state index in [9.17, 15) is 14.9 Å². The molecule has 0 aliphatic carbocycles. The molecule has 1 amide bonds. The first-order valence-electron chi connectivity index (χ1n) is 4.79. The van der Waals surface area contributed by atoms with Crippen LogP contribution in [0.2, 0.25) is 0 Å². The lowest BCUT2D eigenvalue weighted by molar-refractivity contribution is -0.380. The second-order valence-electron chi connectivity index (χ2n) is 3.09. The van der Waals surface area contributed by atoms with E-state index in [0.717, 1.165) is 17.5 Å². The van der Waals surface area contributed by atoms with Gasteiger partial charge in [0.2, 0.25) is 0 Å². The summed E-state index contributed by atoms with van der Waals surface area (Å²) in [5, 5.41) is 12.7. The van der Waals surface area contributed by atoms with E-state index in [2.05, 4.69) is 10.3 Å². The summed E-state index contributed by atoms with van der Waals surface area (Å²) in [7, 11) is 0. The molecule has 0 radical (unpaired) electrons. The molecule has 7 nitrogen and oxygen atoms in total. The number of carbonyl (C=O) groups is 1. The van der Waals surface area contributed by atoms with Gasteiger partial charge in [0.15, 0.2) is 5.13 Å². The second-order valence-corrected chi connectivity index (χ2v) is 4.10. The molecule has 0 aliphatic rings. The van der Waals surface area contributed by atoms with Gasteiger partial charge in [0.1, 0.15) is 11.9 Å². The monoisotopic (exact) mass is 265 g/mol. The third-order valence-corrected chi connectivity index (χ3v) is 2.70. The van der Waals surface area contributed by atoms with E-state index in [1.165, 1.54) is 0 Å². The highest BCUT2D eigenvalue weighted by Crippen LogP contribution is 2.25. The number of rotatable bonds is 3. The standard InChI is InChI=1S/C10H7N3O4S/c14-10(17-7-4-2-1-3-5-7)12-9-11-6-8(18-9)13(15)16/h1-6H,(H,11,12,14). The number of para-hydroxylation sites is 1. The van der Waals surface area contributed by atoms with Crippen molar-refractivity contribution < 1.29 is 14.5 Å². The lowest BCUT2D eigenvalue weighted by Crippen LogP contribution is -2.16. The zero-order chi connectivity index (χ0) is 13.0. The Balaban J connectivity index is 1.97. The molecule has 8 heteroatoms. The number of nitrogens with zero attached hydrogens (tertiary/aromatic N) is 2. The molecular formula is C10H7N3O4S. The summed E-state index contributed by atoms with van der Waals surface area (Å²) in [5.74, 6) is 0.376. The third-order valence-electron chi connectivity index (χ3n) is 1.84. The van der Waals surface area contributed by atoms with Crippen LogP contribution in [0.4, 0.5) is 14.9 Å². The van der Waals surface area contributed by atoms with Gasteiger partial charge in [-0.3, -0.25) is 15.4 Å². The molecule has 1 aromatic carbocycles. The number of ether oxygens (including phenoxy) is 1. The highest BCUT2D eigenvalue weighted by Gasteiger charge is 2.14. The van der Waals surface area contributed by atoms with Gasteiger partial charge < -0.3 is 4.74 Å². The van der Waals surface area contributed by atoms with Crippen molar-refractivity contribution in [3.05, 3.63) is 46.6 Å². The molecule has 1 N–H and O–H groups in total. The van der Waals surface area contributed by atoms with Gasteiger partial charge >= 0.3 is 11.1 Å². The van der Waals surface area contributed by atoms with E-state index in [4.69, 9.17) is 4.74 Å². The number of aromatic nitrogens is 1. The minimum Gasteiger partial charge on any atom is -0.410 e. The molecular weight excluding hydrogens is 258 g/mol. The second kappa shape index (κ2) is 5.23. The zero-order valence-electron chi connectivity index (χ0n) is 8.90. The van der Waals surface area contributed by atoms with Crippen LogP contribution in [0, 0.1) is 10.1 Å². The zero-order valence-corrected chi connectivity index (χ0v) is 9.72. The van der Waals surface area contributed by atoms with Gasteiger partial charge in [-0.25, -0.2) is 9.78 Å². The van der Waals surface area contributed by atoms with E-state index in [0.29, 0.717) is 5.75 Å². The van der Waals surface area contributed by atoms with Crippen molar-refractivity contribution >= 4 is 27.6 Å². The van der Waals surface area contributed by atoms with Gasteiger partial charge in [0.25, 0.3) is 0 Å². The number of hydrogen-bond acceptors (Lipinski definition) is 6. The minimum atomic E-state index is -0.745. The quantitative estimate of drug-likeness (QED) is 0.680. The van der Waals surface area contributed by atoms with Crippen molar-refractivity contribution in [1.29, 1.82) is 0 Å². The molecule has 0 fully saturated rings. The van der Waals surface area contributed by atoms with Crippen LogP contribution < -0.4 is 10.1 Å². The lowest BCUT2D eigenvalue weighted by atomic mass is 10.3. The number of thiazole rings is 1. The first-order chi connectivity index (χ1) is 8.65. The molecule has 1 aromatic heterocycles. The number of benzene rings is 1. The average Bonchev–Trinajstić information content (AvgIpc) is 2.78. The Bertz CT molecular complexity index is 570. The van der Waals surface area contributed by atoms with Crippen molar-refractivity contribution in [3.8, 4) is 5.75 Å². The number of hydrogen-bond donors (Lipinski definition) is 1. The smallest absolute Gasteiger partial charge is 0.410 e. The maximum atomic E-state index is 11.4. The molecule has 92 valence electrons. The average molecular weight is 265 g/mol. The van der Waals surface area contributed by atoms with E-state index in [1.54, 1.807) is 30.3 Å². The van der Waals surface area contributed by atoms with Crippen molar-refractivity contribution in [2.75, 3.05) is 5.32 Å². The van der Waals surface area contributed by atoms with Crippen LogP contribution in [0.5, 0.6) is 5.75 Å². The van der Waals surface area contributed by atoms with E-state index < -0.39 is 11.0 Å². The van der Waals surface area contributed by atoms with Gasteiger partial charge in [-0.1, -0.05) is 18.2 Å². The number of anilines is 1. The topological polar surface area (TPSA) is 94.4 Å². The van der Waals surface area contributed by atoms with Crippen LogP contribution >= 0.6 is 11.3 Å². The summed E-state index contributed by atoms with van der Waals surface area (Å²) in [6, 6.07) is 8.45. The molecule has 0 bridgehead atoms. The molecule has 18 heavy (non-hydrogen) atoms. The van der Waals surface area contributed by atoms with Crippen LogP contribution in [0.25, 0.3) is 0 Å². The number of nitrogens with one attached hydrogen (secondary N) is 1. The molecule has 2 rings (SSSR count). The lowest BCUT2D eigenvalue weighted by Gasteiger charge is -2.02. The Morgan fingerprint density at radius 3 is 2.72 bits per heavy atom. The Labute approximate surface area is 105 Å². The highest BCUT2D eigenvalue weighted by molar-refractivity contribution is 7.18. The molecule has 2 aromatic rings. The number of carbonyl (C=O) groups excluding carboxylic acids is 1. The summed E-state index contributed by atoms with van der Waals surface area (Å²) in [6.07, 6.45) is 0.327. The molecule has 1 heterocycles. The van der Waals surface area contributed by atoms with E-state index in [1.807, 2.05) is 0 Å². The van der Waals surface area contributed by atoms with Crippen LogP contribution in [-0.2, 0) is 0 Å². The first-order valence-corrected chi connectivity index (χ1v) is 5.61. The number of amides is 1. The fourth-order valence-electron chi connectivity index (χ4n) is 1.12. The van der Waals surface area contributed by atoms with E-state index in [-0.39, 0.29) is 10.1 Å². The summed E-state index contributed by atoms with van der Waals surface area (Å²) in [5.41, 5.74) is 0. The number of nitro groups is 1. The molecule has 0 saturated carbocycles. The van der Waals surface area contributed by atoms with Crippen LogP contribution in [-0.4, -0.2) is 16.0 Å². The summed E-state index contributed by atoms with van der Waals surface area (Å²) < 4.78 is 4.93. The van der Waals surface area contributed by atoms with Gasteiger partial charge in [-0.15, -0.1) is 0 Å². The molecule has 0 aliphatic heterocycles. The minimum absolute atomic E-state index is 0.114. The van der Waals surface area contributed by atoms with Gasteiger partial charge in [0, 0.05) is 0 Å². The van der Waals surface area contributed by atoms with Crippen molar-refractivity contribution in [1.82, 2.24) is 4.98 Å². The molecule has 0 saturated heterocycles. The molecule has 0 unspecified atom stereocenters. The maximum absolute atomic E-state index is 11.4. The Hall–Kier alpha value is -2.48. The molecule has 0 spiro atoms. The van der Waals surface area contributed by atoms with Crippen molar-refractivity contribution in [2.24, 2.45) is 0 Å². The predicted octanol–water partition coefficient (Wildman–Crippen LogP) is 2.66. The summed E-state index contributed by atoms with van der Waals surface area (Å²) in [6.45, 7) is 0. The fourth-order valence-corrected chi connectivity index (χ4v) is 1.73. The maximum Gasteiger partial charge on any atom is 0.418 e. The van der Waals surface area contributed by atoms with Crippen LogP contribution in [0.3, 0.4) is 0 Å². The Morgan fingerprint density at radius 2 is 2.11 bits per heavy atom. The fraction of sp³-hybridized carbons (Fsp3) is 0. The van der Waals surface area contributed by atoms with Gasteiger partial charge in [-0.05, 0) is 23.5 Å². The third kappa shape index (κ3) is 3.01. The summed E-state index contributed by atoms with van der Waals surface area (Å²) >= 11 is 0.758. The largest absolute Gasteiger partial charge is 0.418 e. The highest BCUT2D eigenvalue weighted by atomic mass is 32.1. The van der Waals surface area contributed by atoms with Crippen molar-refractivity contribution in [2.45, 2.75) is 0 Å². The Kier molecular flexibility index (Phi) is 3.49. The molecule has 0 atom stereocenters. The van der Waals surface area contributed by atoms with Gasteiger partial charge in [-0.2, -0.15) is 0 Å². The van der Waals surface area contributed by atoms with Crippen molar-refractivity contribution in [3.63, 3.8) is 0 Å². The first kappa shape index (κ1) is 12.0. The van der Waals surface area contributed by atoms with E-state index >= 15 is 0 Å². The SMILES string of the molecule is O=C(Nc1ncc([N+](=O)[O-])s1)Oc1ccccc1. The Morgan fingerprint density at radius 1 is 1.39 bits per heavy atom. The van der Waals surface area contributed by atoms with Crippen LogP contribution in [0.15, 0.2) is 36.5 Å². The predicted molar refractivity (Wildman–Crippen MR) is 64.9 cm³/mol. The summed E-state index contributed by atoms with van der Waals surface area (Å²) in [4.78, 5) is 25.0. The van der Waals surface area contributed by atoms with Gasteiger partial charge in [0.05, 0.1) is 4.92 Å². The normalized spacial score (nSPS) is 9.78. The van der Waals surface area contributed by atoms with Crippen LogP contribution in [0.1, 0.15) is 0 Å².